The van der Waals surface area contributed by atoms with Crippen LogP contribution in [0.2, 0.25) is 0 Å². The molecule has 0 amide bonds. The van der Waals surface area contributed by atoms with Gasteiger partial charge in [-0.15, -0.1) is 0 Å². The second-order valence-corrected chi connectivity index (χ2v) is 6.69. The van der Waals surface area contributed by atoms with Crippen molar-refractivity contribution >= 4 is 0 Å². The number of nitrogens with zero attached hydrogens (tertiary/aromatic N) is 1. The minimum atomic E-state index is -4.09. The van der Waals surface area contributed by atoms with Gasteiger partial charge >= 0.3 is 6.18 Å². The molecule has 1 N–H and O–H groups in total. The van der Waals surface area contributed by atoms with Crippen molar-refractivity contribution in [1.29, 1.82) is 0 Å². The topological polar surface area (TPSA) is 15.3 Å². The lowest BCUT2D eigenvalue weighted by Crippen LogP contribution is -2.50. The van der Waals surface area contributed by atoms with Crippen LogP contribution in [-0.2, 0) is 0 Å². The smallest absolute Gasteiger partial charge is 0.315 e. The highest BCUT2D eigenvalue weighted by molar-refractivity contribution is 4.92. The Hall–Kier alpha value is -0.290. The molecule has 0 aromatic heterocycles. The van der Waals surface area contributed by atoms with E-state index in [-0.39, 0.29) is 18.5 Å². The molecule has 1 aliphatic carbocycles. The summed E-state index contributed by atoms with van der Waals surface area (Å²) in [5.41, 5.74) is 0.138. The molecule has 2 fully saturated rings. The number of rotatable bonds is 1. The van der Waals surface area contributed by atoms with Crippen molar-refractivity contribution in [1.82, 2.24) is 10.2 Å². The molecule has 2 nitrogen and oxygen atoms in total. The van der Waals surface area contributed by atoms with Crippen molar-refractivity contribution in [3.8, 4) is 0 Å². The van der Waals surface area contributed by atoms with Gasteiger partial charge in [0.1, 0.15) is 0 Å². The lowest BCUT2D eigenvalue weighted by Gasteiger charge is -2.45. The summed E-state index contributed by atoms with van der Waals surface area (Å²) in [6.07, 6.45) is 0.428. The number of alkyl halides is 3. The van der Waals surface area contributed by atoms with Crippen molar-refractivity contribution in [3.63, 3.8) is 0 Å². The van der Waals surface area contributed by atoms with Crippen molar-refractivity contribution in [2.45, 2.75) is 51.7 Å². The fourth-order valence-electron chi connectivity index (χ4n) is 3.59. The van der Waals surface area contributed by atoms with E-state index in [2.05, 4.69) is 24.1 Å². The quantitative estimate of drug-likeness (QED) is 0.793. The van der Waals surface area contributed by atoms with E-state index in [9.17, 15) is 13.2 Å². The Bertz CT molecular complexity index is 302. The normalized spacial score (nSPS) is 33.9. The monoisotopic (exact) mass is 278 g/mol. The van der Waals surface area contributed by atoms with E-state index >= 15 is 0 Å². The second-order valence-electron chi connectivity index (χ2n) is 6.69. The van der Waals surface area contributed by atoms with Gasteiger partial charge < -0.3 is 5.32 Å². The molecule has 1 saturated heterocycles. The van der Waals surface area contributed by atoms with Crippen LogP contribution in [0.5, 0.6) is 0 Å². The standard InChI is InChI=1S/C14H25F3N2/c1-13(2)6-4-3-5-12(13)19-8-7-18-9-11(10-19)14(15,16)17/h11-12,18H,3-10H2,1-2H3. The Morgan fingerprint density at radius 3 is 2.58 bits per heavy atom. The van der Waals surface area contributed by atoms with Crippen molar-refractivity contribution in [2.75, 3.05) is 26.2 Å². The number of hydrogen-bond acceptors (Lipinski definition) is 2. The largest absolute Gasteiger partial charge is 0.394 e. The number of hydrogen-bond donors (Lipinski definition) is 1. The van der Waals surface area contributed by atoms with Gasteiger partial charge in [0.25, 0.3) is 0 Å². The van der Waals surface area contributed by atoms with Gasteiger partial charge in [-0.05, 0) is 18.3 Å². The van der Waals surface area contributed by atoms with Gasteiger partial charge in [0.2, 0.25) is 0 Å². The molecule has 1 aliphatic heterocycles. The first-order valence-electron chi connectivity index (χ1n) is 7.32. The Morgan fingerprint density at radius 1 is 1.21 bits per heavy atom. The van der Waals surface area contributed by atoms with Crippen LogP contribution in [0.3, 0.4) is 0 Å². The molecule has 112 valence electrons. The van der Waals surface area contributed by atoms with Gasteiger partial charge in [-0.3, -0.25) is 4.90 Å². The van der Waals surface area contributed by atoms with Crippen molar-refractivity contribution in [2.24, 2.45) is 11.3 Å². The van der Waals surface area contributed by atoms with E-state index in [4.69, 9.17) is 0 Å². The summed E-state index contributed by atoms with van der Waals surface area (Å²) in [6.45, 7) is 6.03. The van der Waals surface area contributed by atoms with Gasteiger partial charge in [0, 0.05) is 32.2 Å². The maximum atomic E-state index is 13.0. The molecular weight excluding hydrogens is 253 g/mol. The molecule has 2 aliphatic rings. The first-order valence-corrected chi connectivity index (χ1v) is 7.32. The minimum absolute atomic E-state index is 0.0626. The van der Waals surface area contributed by atoms with Crippen LogP contribution >= 0.6 is 0 Å². The molecule has 0 aromatic rings. The summed E-state index contributed by atoms with van der Waals surface area (Å²) in [6, 6.07) is 0.297. The molecule has 0 bridgehead atoms. The SMILES string of the molecule is CC1(C)CCCCC1N1CCNCC(C(F)(F)F)C1. The third-order valence-electron chi connectivity index (χ3n) is 4.78. The molecule has 0 spiro atoms. The van der Waals surface area contributed by atoms with Crippen molar-refractivity contribution in [3.05, 3.63) is 0 Å². The van der Waals surface area contributed by atoms with Gasteiger partial charge in [0.15, 0.2) is 0 Å². The summed E-state index contributed by atoms with van der Waals surface area (Å²) in [7, 11) is 0. The highest BCUT2D eigenvalue weighted by atomic mass is 19.4. The first-order chi connectivity index (χ1) is 8.81. The molecule has 2 unspecified atom stereocenters. The Kier molecular flexibility index (Phi) is 4.45. The van der Waals surface area contributed by atoms with E-state index in [1.807, 2.05) is 0 Å². The van der Waals surface area contributed by atoms with Crippen LogP contribution in [0.25, 0.3) is 0 Å². The molecule has 2 atom stereocenters. The Labute approximate surface area is 113 Å². The molecule has 0 aromatic carbocycles. The lowest BCUT2D eigenvalue weighted by molar-refractivity contribution is -0.178. The van der Waals surface area contributed by atoms with Gasteiger partial charge in [-0.25, -0.2) is 0 Å². The minimum Gasteiger partial charge on any atom is -0.315 e. The molecule has 1 heterocycles. The van der Waals surface area contributed by atoms with Crippen LogP contribution in [0, 0.1) is 11.3 Å². The molecule has 2 rings (SSSR count). The van der Waals surface area contributed by atoms with E-state index in [1.54, 1.807) is 0 Å². The van der Waals surface area contributed by atoms with E-state index in [1.165, 1.54) is 6.42 Å². The summed E-state index contributed by atoms with van der Waals surface area (Å²) in [5, 5.41) is 2.94. The van der Waals surface area contributed by atoms with E-state index in [0.29, 0.717) is 12.6 Å². The zero-order valence-corrected chi connectivity index (χ0v) is 11.9. The van der Waals surface area contributed by atoms with Crippen LogP contribution in [0.1, 0.15) is 39.5 Å². The fraction of sp³-hybridized carbons (Fsp3) is 1.00. The Morgan fingerprint density at radius 2 is 1.95 bits per heavy atom. The summed E-state index contributed by atoms with van der Waals surface area (Å²) < 4.78 is 39.0. The highest BCUT2D eigenvalue weighted by Gasteiger charge is 2.44. The summed E-state index contributed by atoms with van der Waals surface area (Å²) in [5.74, 6) is -1.23. The van der Waals surface area contributed by atoms with Crippen molar-refractivity contribution < 1.29 is 13.2 Å². The maximum Gasteiger partial charge on any atom is 0.394 e. The molecule has 1 saturated carbocycles. The molecular formula is C14H25F3N2. The molecule has 0 radical (unpaired) electrons. The fourth-order valence-corrected chi connectivity index (χ4v) is 3.59. The first kappa shape index (κ1) is 15.1. The average molecular weight is 278 g/mol. The number of nitrogens with one attached hydrogen (secondary N) is 1. The molecule has 19 heavy (non-hydrogen) atoms. The number of halogens is 3. The Balaban J connectivity index is 2.09. The predicted octanol–water partition coefficient (Wildman–Crippen LogP) is 3.04. The van der Waals surface area contributed by atoms with Crippen LogP contribution in [-0.4, -0.2) is 43.3 Å². The second kappa shape index (κ2) is 5.60. The van der Waals surface area contributed by atoms with Crippen LogP contribution in [0.4, 0.5) is 13.2 Å². The van der Waals surface area contributed by atoms with Crippen LogP contribution < -0.4 is 5.32 Å². The predicted molar refractivity (Wildman–Crippen MR) is 70.0 cm³/mol. The highest BCUT2D eigenvalue weighted by Crippen LogP contribution is 2.40. The summed E-state index contributed by atoms with van der Waals surface area (Å²) >= 11 is 0. The van der Waals surface area contributed by atoms with Gasteiger partial charge in [-0.2, -0.15) is 13.2 Å². The van der Waals surface area contributed by atoms with E-state index in [0.717, 1.165) is 25.8 Å². The van der Waals surface area contributed by atoms with E-state index < -0.39 is 12.1 Å². The van der Waals surface area contributed by atoms with Crippen LogP contribution in [0.15, 0.2) is 0 Å². The summed E-state index contributed by atoms with van der Waals surface area (Å²) in [4.78, 5) is 2.09. The zero-order chi connectivity index (χ0) is 14.1. The maximum absolute atomic E-state index is 13.0. The zero-order valence-electron chi connectivity index (χ0n) is 11.9. The molecule has 5 heteroatoms. The third kappa shape index (κ3) is 3.63. The lowest BCUT2D eigenvalue weighted by atomic mass is 9.72. The average Bonchev–Trinajstić information content (AvgIpc) is 2.53. The van der Waals surface area contributed by atoms with Gasteiger partial charge in [0.05, 0.1) is 5.92 Å². The van der Waals surface area contributed by atoms with Gasteiger partial charge in [-0.1, -0.05) is 26.7 Å². The third-order valence-corrected chi connectivity index (χ3v) is 4.78.